The van der Waals surface area contributed by atoms with Gasteiger partial charge in [-0.2, -0.15) is 0 Å². The maximum absolute atomic E-state index is 3.60. The fourth-order valence-electron chi connectivity index (χ4n) is 5.43. The molecule has 0 amide bonds. The molecule has 0 aliphatic heterocycles. The number of rotatable bonds is 4. The molecule has 4 aliphatic rings. The van der Waals surface area contributed by atoms with Crippen LogP contribution in [0.1, 0.15) is 38.5 Å². The number of likely N-dealkylation sites (N-methyl/N-ethyl adjacent to an activating group) is 2. The largest absolute Gasteiger partial charge is 0.318 e. The van der Waals surface area contributed by atoms with Crippen LogP contribution in [-0.4, -0.2) is 26.7 Å². The Hall–Kier alpha value is -0.0800. The van der Waals surface area contributed by atoms with Crippen molar-refractivity contribution in [2.75, 3.05) is 20.6 Å². The molecule has 2 nitrogen and oxygen atoms in total. The third kappa shape index (κ3) is 1.62. The minimum absolute atomic E-state index is 0.645. The van der Waals surface area contributed by atoms with Crippen molar-refractivity contribution in [1.82, 2.24) is 10.6 Å². The molecule has 4 saturated carbocycles. The summed E-state index contributed by atoms with van der Waals surface area (Å²) in [5, 5.41) is 6.98. The van der Waals surface area contributed by atoms with Gasteiger partial charge in [-0.1, -0.05) is 0 Å². The van der Waals surface area contributed by atoms with E-state index >= 15 is 0 Å². The van der Waals surface area contributed by atoms with E-state index in [1.54, 1.807) is 19.3 Å². The molecular weight excluding hydrogens is 196 g/mol. The molecule has 4 rings (SSSR count). The van der Waals surface area contributed by atoms with Gasteiger partial charge in [0.2, 0.25) is 0 Å². The highest BCUT2D eigenvalue weighted by atomic mass is 15.0. The van der Waals surface area contributed by atoms with E-state index in [9.17, 15) is 0 Å². The smallest absolute Gasteiger partial charge is 0.0246 e. The summed E-state index contributed by atoms with van der Waals surface area (Å²) in [7, 11) is 4.24. The average molecular weight is 222 g/mol. The third-order valence-corrected chi connectivity index (χ3v) is 5.58. The van der Waals surface area contributed by atoms with E-state index in [1.807, 2.05) is 0 Å². The van der Waals surface area contributed by atoms with Gasteiger partial charge in [-0.3, -0.25) is 0 Å². The van der Waals surface area contributed by atoms with Crippen LogP contribution in [0.2, 0.25) is 0 Å². The Morgan fingerprint density at radius 1 is 1.00 bits per heavy atom. The second-order valence-corrected chi connectivity index (χ2v) is 6.68. The molecule has 0 radical (unpaired) electrons. The number of hydrogen-bond acceptors (Lipinski definition) is 2. The zero-order valence-electron chi connectivity index (χ0n) is 10.8. The first-order valence-electron chi connectivity index (χ1n) is 7.07. The van der Waals surface area contributed by atoms with Crippen molar-refractivity contribution < 1.29 is 0 Å². The fourth-order valence-corrected chi connectivity index (χ4v) is 5.43. The molecule has 0 saturated heterocycles. The van der Waals surface area contributed by atoms with Crippen LogP contribution in [0.4, 0.5) is 0 Å². The van der Waals surface area contributed by atoms with Crippen LogP contribution in [0, 0.1) is 23.2 Å². The standard InChI is InChI=1S/C14H26N2/c1-15-9-13(16-2)14-6-10-3-11(7-14)5-12(4-10)8-14/h10-13,15-16H,3-9H2,1-2H3. The Bertz CT molecular complexity index is 226. The summed E-state index contributed by atoms with van der Waals surface area (Å²) in [5.41, 5.74) is 0.645. The molecule has 4 aliphatic carbocycles. The van der Waals surface area contributed by atoms with Gasteiger partial charge in [-0.25, -0.2) is 0 Å². The van der Waals surface area contributed by atoms with Gasteiger partial charge in [-0.15, -0.1) is 0 Å². The Morgan fingerprint density at radius 2 is 1.50 bits per heavy atom. The second-order valence-electron chi connectivity index (χ2n) is 6.68. The molecule has 0 spiro atoms. The average Bonchev–Trinajstić information content (AvgIpc) is 2.23. The lowest BCUT2D eigenvalue weighted by molar-refractivity contribution is -0.0718. The highest BCUT2D eigenvalue weighted by molar-refractivity contribution is 5.06. The van der Waals surface area contributed by atoms with Gasteiger partial charge in [0.05, 0.1) is 0 Å². The zero-order valence-corrected chi connectivity index (χ0v) is 10.8. The van der Waals surface area contributed by atoms with E-state index in [0.29, 0.717) is 11.5 Å². The van der Waals surface area contributed by atoms with Crippen molar-refractivity contribution in [3.8, 4) is 0 Å². The minimum Gasteiger partial charge on any atom is -0.318 e. The monoisotopic (exact) mass is 222 g/mol. The molecular formula is C14H26N2. The molecule has 4 bridgehead atoms. The van der Waals surface area contributed by atoms with Crippen LogP contribution in [0.5, 0.6) is 0 Å². The van der Waals surface area contributed by atoms with Crippen molar-refractivity contribution in [2.45, 2.75) is 44.6 Å². The van der Waals surface area contributed by atoms with Gasteiger partial charge in [0.1, 0.15) is 0 Å². The van der Waals surface area contributed by atoms with Crippen molar-refractivity contribution in [1.29, 1.82) is 0 Å². The van der Waals surface area contributed by atoms with Crippen molar-refractivity contribution in [2.24, 2.45) is 23.2 Å². The number of nitrogens with one attached hydrogen (secondary N) is 2. The summed E-state index contributed by atoms with van der Waals surface area (Å²) in [5.74, 6) is 3.21. The zero-order chi connectivity index (χ0) is 11.2. The minimum atomic E-state index is 0.645. The van der Waals surface area contributed by atoms with Crippen LogP contribution >= 0.6 is 0 Å². The predicted octanol–water partition coefficient (Wildman–Crippen LogP) is 2.01. The van der Waals surface area contributed by atoms with Crippen molar-refractivity contribution >= 4 is 0 Å². The lowest BCUT2D eigenvalue weighted by Gasteiger charge is -2.59. The topological polar surface area (TPSA) is 24.1 Å². The molecule has 0 heterocycles. The van der Waals surface area contributed by atoms with Crippen molar-refractivity contribution in [3.63, 3.8) is 0 Å². The molecule has 2 heteroatoms. The third-order valence-electron chi connectivity index (χ3n) is 5.58. The van der Waals surface area contributed by atoms with Crippen LogP contribution in [0.3, 0.4) is 0 Å². The van der Waals surface area contributed by atoms with Crippen LogP contribution < -0.4 is 10.6 Å². The first-order chi connectivity index (χ1) is 7.75. The molecule has 16 heavy (non-hydrogen) atoms. The Kier molecular flexibility index (Phi) is 2.75. The second kappa shape index (κ2) is 3.99. The van der Waals surface area contributed by atoms with Crippen molar-refractivity contribution in [3.05, 3.63) is 0 Å². The van der Waals surface area contributed by atoms with Gasteiger partial charge in [0, 0.05) is 12.6 Å². The molecule has 4 fully saturated rings. The Balaban J connectivity index is 1.81. The summed E-state index contributed by atoms with van der Waals surface area (Å²) < 4.78 is 0. The van der Waals surface area contributed by atoms with E-state index in [4.69, 9.17) is 0 Å². The van der Waals surface area contributed by atoms with E-state index in [1.165, 1.54) is 19.3 Å². The normalized spacial score (nSPS) is 47.2. The van der Waals surface area contributed by atoms with Gasteiger partial charge in [0.15, 0.2) is 0 Å². The summed E-state index contributed by atoms with van der Waals surface area (Å²) in [4.78, 5) is 0. The molecule has 0 aromatic rings. The first kappa shape index (κ1) is 11.0. The summed E-state index contributed by atoms with van der Waals surface area (Å²) in [6, 6.07) is 0.700. The quantitative estimate of drug-likeness (QED) is 0.760. The molecule has 0 aromatic carbocycles. The van der Waals surface area contributed by atoms with Crippen LogP contribution in [0.25, 0.3) is 0 Å². The maximum atomic E-state index is 3.60. The first-order valence-corrected chi connectivity index (χ1v) is 7.07. The Morgan fingerprint density at radius 3 is 1.88 bits per heavy atom. The SMILES string of the molecule is CNCC(NC)C12CC3CC(CC(C3)C1)C2. The molecule has 1 unspecified atom stereocenters. The highest BCUT2D eigenvalue weighted by Crippen LogP contribution is 2.61. The van der Waals surface area contributed by atoms with Crippen LogP contribution in [0.15, 0.2) is 0 Å². The summed E-state index contributed by atoms with van der Waals surface area (Å²) in [6.45, 7) is 1.14. The van der Waals surface area contributed by atoms with E-state index in [2.05, 4.69) is 24.7 Å². The predicted molar refractivity (Wildman–Crippen MR) is 67.4 cm³/mol. The summed E-state index contributed by atoms with van der Waals surface area (Å²) >= 11 is 0. The molecule has 0 aromatic heterocycles. The fraction of sp³-hybridized carbons (Fsp3) is 1.00. The highest BCUT2D eigenvalue weighted by Gasteiger charge is 2.53. The van der Waals surface area contributed by atoms with Gasteiger partial charge >= 0.3 is 0 Å². The lowest BCUT2D eigenvalue weighted by atomic mass is 9.47. The van der Waals surface area contributed by atoms with Gasteiger partial charge in [-0.05, 0) is 75.8 Å². The van der Waals surface area contributed by atoms with Crippen LogP contribution in [-0.2, 0) is 0 Å². The van der Waals surface area contributed by atoms with E-state index in [-0.39, 0.29) is 0 Å². The maximum Gasteiger partial charge on any atom is 0.0246 e. The van der Waals surface area contributed by atoms with E-state index in [0.717, 1.165) is 24.3 Å². The van der Waals surface area contributed by atoms with Gasteiger partial charge in [0.25, 0.3) is 0 Å². The summed E-state index contributed by atoms with van der Waals surface area (Å²) in [6.07, 6.45) is 9.17. The van der Waals surface area contributed by atoms with E-state index < -0.39 is 0 Å². The van der Waals surface area contributed by atoms with Gasteiger partial charge < -0.3 is 10.6 Å². The molecule has 92 valence electrons. The lowest BCUT2D eigenvalue weighted by Crippen LogP contribution is -2.57. The molecule has 2 N–H and O–H groups in total. The molecule has 1 atom stereocenters. The Labute approximate surface area is 99.6 Å². The number of hydrogen-bond donors (Lipinski definition) is 2.